The highest BCUT2D eigenvalue weighted by molar-refractivity contribution is 5.62. The molecule has 0 spiro atoms. The Morgan fingerprint density at radius 2 is 1.64 bits per heavy atom. The van der Waals surface area contributed by atoms with Gasteiger partial charge in [-0.3, -0.25) is 0 Å². The third-order valence-corrected chi connectivity index (χ3v) is 4.30. The molecule has 0 aliphatic heterocycles. The van der Waals surface area contributed by atoms with Gasteiger partial charge in [0, 0.05) is 23.9 Å². The molecule has 0 N–H and O–H groups in total. The summed E-state index contributed by atoms with van der Waals surface area (Å²) in [5.74, 6) is 2.50. The van der Waals surface area contributed by atoms with E-state index in [1.165, 1.54) is 32.1 Å². The summed E-state index contributed by atoms with van der Waals surface area (Å²) in [6.45, 7) is 2.87. The Bertz CT molecular complexity index is 571. The van der Waals surface area contributed by atoms with Gasteiger partial charge in [0.2, 0.25) is 0 Å². The average molecular weight is 296 g/mol. The maximum atomic E-state index is 5.61. The van der Waals surface area contributed by atoms with Crippen LogP contribution in [0.3, 0.4) is 0 Å². The second-order valence-electron chi connectivity index (χ2n) is 6.04. The number of hydrogen-bond donors (Lipinski definition) is 0. The average Bonchev–Trinajstić information content (AvgIpc) is 2.61. The maximum absolute atomic E-state index is 5.61. The molecule has 2 aromatic rings. The number of hydrogen-bond acceptors (Lipinski definition) is 3. The molecule has 0 saturated heterocycles. The zero-order valence-electron chi connectivity index (χ0n) is 13.3. The molecule has 1 saturated carbocycles. The molecule has 1 aliphatic rings. The van der Waals surface area contributed by atoms with E-state index >= 15 is 0 Å². The van der Waals surface area contributed by atoms with E-state index in [0.717, 1.165) is 35.7 Å². The first-order chi connectivity index (χ1) is 10.9. The number of aromatic nitrogens is 2. The molecule has 3 heteroatoms. The lowest BCUT2D eigenvalue weighted by Crippen LogP contribution is -2.08. The Hall–Kier alpha value is -1.90. The van der Waals surface area contributed by atoms with Crippen molar-refractivity contribution in [3.63, 3.8) is 0 Å². The summed E-state index contributed by atoms with van der Waals surface area (Å²) in [4.78, 5) is 9.22. The molecule has 0 atom stereocenters. The molecule has 22 heavy (non-hydrogen) atoms. The highest BCUT2D eigenvalue weighted by Gasteiger charge is 2.17. The van der Waals surface area contributed by atoms with Gasteiger partial charge in [-0.2, -0.15) is 0 Å². The second-order valence-corrected chi connectivity index (χ2v) is 6.04. The van der Waals surface area contributed by atoms with Gasteiger partial charge in [0.05, 0.1) is 6.61 Å². The van der Waals surface area contributed by atoms with Crippen LogP contribution >= 0.6 is 0 Å². The van der Waals surface area contributed by atoms with Gasteiger partial charge in [-0.25, -0.2) is 9.97 Å². The smallest absolute Gasteiger partial charge is 0.131 e. The normalized spacial score (nSPS) is 15.7. The first-order valence-electron chi connectivity index (χ1n) is 8.42. The van der Waals surface area contributed by atoms with Crippen molar-refractivity contribution >= 4 is 0 Å². The van der Waals surface area contributed by atoms with Crippen LogP contribution in [0.15, 0.2) is 36.7 Å². The Morgan fingerprint density at radius 3 is 2.27 bits per heavy atom. The van der Waals surface area contributed by atoms with Gasteiger partial charge in [0.15, 0.2) is 0 Å². The number of ether oxygens (including phenoxy) is 1. The summed E-state index contributed by atoms with van der Waals surface area (Å²) in [5.41, 5.74) is 2.21. The minimum atomic E-state index is 0.563. The van der Waals surface area contributed by atoms with Crippen molar-refractivity contribution in [2.75, 3.05) is 6.61 Å². The van der Waals surface area contributed by atoms with E-state index in [0.29, 0.717) is 5.92 Å². The second kappa shape index (κ2) is 7.39. The van der Waals surface area contributed by atoms with E-state index in [1.54, 1.807) is 0 Å². The molecule has 0 radical (unpaired) electrons. The lowest BCUT2D eigenvalue weighted by atomic mass is 9.88. The van der Waals surface area contributed by atoms with Crippen LogP contribution in [-0.2, 0) is 0 Å². The fraction of sp³-hybridized carbons (Fsp3) is 0.474. The molecular formula is C19H24N2O. The van der Waals surface area contributed by atoms with E-state index in [2.05, 4.69) is 29.0 Å². The van der Waals surface area contributed by atoms with Crippen molar-refractivity contribution < 1.29 is 4.74 Å². The fourth-order valence-corrected chi connectivity index (χ4v) is 3.02. The number of benzene rings is 1. The predicted molar refractivity (Wildman–Crippen MR) is 89.1 cm³/mol. The standard InChI is InChI=1S/C19H24N2O/c1-2-12-22-18-10-8-15(9-11-18)17-13-20-19(21-14-17)16-6-4-3-5-7-16/h8-11,13-14,16H,2-7,12H2,1H3. The van der Waals surface area contributed by atoms with Crippen LogP contribution in [0.4, 0.5) is 0 Å². The molecule has 1 heterocycles. The van der Waals surface area contributed by atoms with Gasteiger partial charge in [-0.05, 0) is 37.0 Å². The van der Waals surface area contributed by atoms with Gasteiger partial charge in [0.25, 0.3) is 0 Å². The maximum Gasteiger partial charge on any atom is 0.131 e. The number of rotatable bonds is 5. The largest absolute Gasteiger partial charge is 0.494 e. The Balaban J connectivity index is 1.69. The molecule has 0 unspecified atom stereocenters. The van der Waals surface area contributed by atoms with Gasteiger partial charge in [-0.1, -0.05) is 38.3 Å². The summed E-state index contributed by atoms with van der Waals surface area (Å²) in [7, 11) is 0. The Morgan fingerprint density at radius 1 is 0.955 bits per heavy atom. The molecule has 1 fully saturated rings. The Labute approximate surface area is 132 Å². The van der Waals surface area contributed by atoms with Crippen LogP contribution < -0.4 is 4.74 Å². The highest BCUT2D eigenvalue weighted by Crippen LogP contribution is 2.31. The van der Waals surface area contributed by atoms with Gasteiger partial charge in [-0.15, -0.1) is 0 Å². The number of nitrogens with zero attached hydrogens (tertiary/aromatic N) is 2. The van der Waals surface area contributed by atoms with Crippen molar-refractivity contribution in [1.29, 1.82) is 0 Å². The van der Waals surface area contributed by atoms with Crippen molar-refractivity contribution in [1.82, 2.24) is 9.97 Å². The van der Waals surface area contributed by atoms with Crippen LogP contribution in [0.2, 0.25) is 0 Å². The Kier molecular flexibility index (Phi) is 5.04. The van der Waals surface area contributed by atoms with Crippen molar-refractivity contribution in [3.8, 4) is 16.9 Å². The summed E-state index contributed by atoms with van der Waals surface area (Å²) >= 11 is 0. The SMILES string of the molecule is CCCOc1ccc(-c2cnc(C3CCCCC3)nc2)cc1. The monoisotopic (exact) mass is 296 g/mol. The van der Waals surface area contributed by atoms with E-state index in [4.69, 9.17) is 4.74 Å². The fourth-order valence-electron chi connectivity index (χ4n) is 3.02. The summed E-state index contributed by atoms with van der Waals surface area (Å²) in [5, 5.41) is 0. The zero-order valence-corrected chi connectivity index (χ0v) is 13.3. The highest BCUT2D eigenvalue weighted by atomic mass is 16.5. The van der Waals surface area contributed by atoms with Crippen molar-refractivity contribution in [2.45, 2.75) is 51.4 Å². The van der Waals surface area contributed by atoms with Gasteiger partial charge >= 0.3 is 0 Å². The summed E-state index contributed by atoms with van der Waals surface area (Å²) in [6.07, 6.45) is 11.4. The molecular weight excluding hydrogens is 272 g/mol. The minimum Gasteiger partial charge on any atom is -0.494 e. The first kappa shape index (κ1) is 15.0. The van der Waals surface area contributed by atoms with Crippen molar-refractivity contribution in [2.24, 2.45) is 0 Å². The van der Waals surface area contributed by atoms with Crippen LogP contribution in [-0.4, -0.2) is 16.6 Å². The summed E-state index contributed by atoms with van der Waals surface area (Å²) in [6, 6.07) is 8.17. The van der Waals surface area contributed by atoms with Crippen LogP contribution in [0, 0.1) is 0 Å². The van der Waals surface area contributed by atoms with Crippen LogP contribution in [0.5, 0.6) is 5.75 Å². The zero-order chi connectivity index (χ0) is 15.2. The van der Waals surface area contributed by atoms with E-state index in [1.807, 2.05) is 24.5 Å². The molecule has 1 aromatic heterocycles. The first-order valence-corrected chi connectivity index (χ1v) is 8.42. The van der Waals surface area contributed by atoms with E-state index in [-0.39, 0.29) is 0 Å². The summed E-state index contributed by atoms with van der Waals surface area (Å²) < 4.78 is 5.61. The third-order valence-electron chi connectivity index (χ3n) is 4.30. The topological polar surface area (TPSA) is 35.0 Å². The molecule has 116 valence electrons. The lowest BCUT2D eigenvalue weighted by molar-refractivity contribution is 0.317. The molecule has 1 aliphatic carbocycles. The molecule has 0 bridgehead atoms. The van der Waals surface area contributed by atoms with Gasteiger partial charge < -0.3 is 4.74 Å². The van der Waals surface area contributed by atoms with Crippen LogP contribution in [0.1, 0.15) is 57.2 Å². The quantitative estimate of drug-likeness (QED) is 0.780. The molecule has 0 amide bonds. The predicted octanol–water partition coefficient (Wildman–Crippen LogP) is 4.98. The van der Waals surface area contributed by atoms with E-state index in [9.17, 15) is 0 Å². The molecule has 3 rings (SSSR count). The van der Waals surface area contributed by atoms with Crippen LogP contribution in [0.25, 0.3) is 11.1 Å². The van der Waals surface area contributed by atoms with E-state index < -0.39 is 0 Å². The third kappa shape index (κ3) is 3.65. The van der Waals surface area contributed by atoms with Gasteiger partial charge in [0.1, 0.15) is 11.6 Å². The minimum absolute atomic E-state index is 0.563. The molecule has 1 aromatic carbocycles. The lowest BCUT2D eigenvalue weighted by Gasteiger charge is -2.20. The van der Waals surface area contributed by atoms with Crippen molar-refractivity contribution in [3.05, 3.63) is 42.5 Å². The molecule has 3 nitrogen and oxygen atoms in total.